The van der Waals surface area contributed by atoms with E-state index < -0.39 is 12.1 Å². The molecule has 0 fully saturated rings. The van der Waals surface area contributed by atoms with Crippen LogP contribution in [0, 0.1) is 0 Å². The van der Waals surface area contributed by atoms with Crippen molar-refractivity contribution in [1.29, 1.82) is 0 Å². The van der Waals surface area contributed by atoms with Crippen molar-refractivity contribution in [2.75, 3.05) is 0 Å². The van der Waals surface area contributed by atoms with Crippen LogP contribution in [0.1, 0.15) is 12.0 Å². The SMILES string of the molecule is O=C(O)C1CC(Cc2ccccc2)=NO1. The summed E-state index contributed by atoms with van der Waals surface area (Å²) >= 11 is 0. The van der Waals surface area contributed by atoms with E-state index in [2.05, 4.69) is 5.16 Å². The number of rotatable bonds is 3. The van der Waals surface area contributed by atoms with Crippen LogP contribution in [0.4, 0.5) is 0 Å². The molecule has 78 valence electrons. The van der Waals surface area contributed by atoms with Gasteiger partial charge in [0.05, 0.1) is 5.71 Å². The van der Waals surface area contributed by atoms with Gasteiger partial charge in [-0.2, -0.15) is 0 Å². The summed E-state index contributed by atoms with van der Waals surface area (Å²) in [6.45, 7) is 0. The molecule has 1 aliphatic rings. The lowest BCUT2D eigenvalue weighted by Gasteiger charge is -2.00. The van der Waals surface area contributed by atoms with Gasteiger partial charge in [-0.1, -0.05) is 35.5 Å². The van der Waals surface area contributed by atoms with Crippen molar-refractivity contribution in [3.8, 4) is 0 Å². The molecule has 4 nitrogen and oxygen atoms in total. The Morgan fingerprint density at radius 3 is 2.80 bits per heavy atom. The summed E-state index contributed by atoms with van der Waals surface area (Å²) < 4.78 is 0. The summed E-state index contributed by atoms with van der Waals surface area (Å²) in [4.78, 5) is 15.4. The Kier molecular flexibility index (Phi) is 2.67. The normalized spacial score (nSPS) is 19.5. The zero-order valence-corrected chi connectivity index (χ0v) is 8.09. The van der Waals surface area contributed by atoms with Crippen molar-refractivity contribution < 1.29 is 14.7 Å². The molecule has 1 heterocycles. The van der Waals surface area contributed by atoms with Gasteiger partial charge < -0.3 is 9.94 Å². The van der Waals surface area contributed by atoms with Gasteiger partial charge >= 0.3 is 5.97 Å². The van der Waals surface area contributed by atoms with E-state index in [1.807, 2.05) is 30.3 Å². The predicted octanol–water partition coefficient (Wildman–Crippen LogP) is 1.46. The first kappa shape index (κ1) is 9.71. The van der Waals surface area contributed by atoms with Gasteiger partial charge in [-0.3, -0.25) is 0 Å². The van der Waals surface area contributed by atoms with Gasteiger partial charge in [0.15, 0.2) is 0 Å². The van der Waals surface area contributed by atoms with Crippen LogP contribution < -0.4 is 0 Å². The molecule has 4 heteroatoms. The number of hydrogen-bond donors (Lipinski definition) is 1. The number of benzene rings is 1. The minimum absolute atomic E-state index is 0.379. The maximum absolute atomic E-state index is 10.6. The first-order chi connectivity index (χ1) is 7.25. The van der Waals surface area contributed by atoms with Crippen molar-refractivity contribution >= 4 is 11.7 Å². The maximum Gasteiger partial charge on any atom is 0.348 e. The largest absolute Gasteiger partial charge is 0.478 e. The molecular formula is C11H11NO3. The Morgan fingerprint density at radius 1 is 1.47 bits per heavy atom. The molecule has 1 N–H and O–H groups in total. The second-order valence-corrected chi connectivity index (χ2v) is 3.46. The average molecular weight is 205 g/mol. The minimum atomic E-state index is -0.957. The van der Waals surface area contributed by atoms with E-state index in [1.165, 1.54) is 0 Å². The third-order valence-electron chi connectivity index (χ3n) is 2.26. The van der Waals surface area contributed by atoms with Gasteiger partial charge in [-0.25, -0.2) is 4.79 Å². The molecule has 0 bridgehead atoms. The molecule has 2 rings (SSSR count). The van der Waals surface area contributed by atoms with E-state index in [9.17, 15) is 4.79 Å². The van der Waals surface area contributed by atoms with Crippen molar-refractivity contribution in [3.05, 3.63) is 35.9 Å². The molecule has 1 atom stereocenters. The molecule has 15 heavy (non-hydrogen) atoms. The smallest absolute Gasteiger partial charge is 0.348 e. The number of carboxylic acid groups (broad SMARTS) is 1. The number of aliphatic carboxylic acids is 1. The Bertz CT molecular complexity index is 386. The molecule has 0 saturated carbocycles. The average Bonchev–Trinajstić information content (AvgIpc) is 2.68. The summed E-state index contributed by atoms with van der Waals surface area (Å²) in [6, 6.07) is 9.80. The molecular weight excluding hydrogens is 194 g/mol. The van der Waals surface area contributed by atoms with Crippen LogP contribution in [0.25, 0.3) is 0 Å². The van der Waals surface area contributed by atoms with Gasteiger partial charge in [0.25, 0.3) is 0 Å². The van der Waals surface area contributed by atoms with Crippen LogP contribution in [0.5, 0.6) is 0 Å². The Balaban J connectivity index is 1.96. The number of nitrogens with zero attached hydrogens (tertiary/aromatic N) is 1. The molecule has 1 aromatic rings. The molecule has 0 amide bonds. The molecule has 1 aromatic carbocycles. The molecule has 1 aliphatic heterocycles. The molecule has 0 aromatic heterocycles. The summed E-state index contributed by atoms with van der Waals surface area (Å²) in [5.74, 6) is -0.957. The monoisotopic (exact) mass is 205 g/mol. The number of carbonyl (C=O) groups is 1. The van der Waals surface area contributed by atoms with Gasteiger partial charge in [0, 0.05) is 12.8 Å². The number of carboxylic acids is 1. The second-order valence-electron chi connectivity index (χ2n) is 3.46. The highest BCUT2D eigenvalue weighted by atomic mass is 16.7. The van der Waals surface area contributed by atoms with Crippen LogP contribution in [0.2, 0.25) is 0 Å². The van der Waals surface area contributed by atoms with E-state index in [-0.39, 0.29) is 0 Å². The molecule has 0 radical (unpaired) electrons. The Morgan fingerprint density at radius 2 is 2.20 bits per heavy atom. The lowest BCUT2D eigenvalue weighted by atomic mass is 10.0. The van der Waals surface area contributed by atoms with Gasteiger partial charge in [0.1, 0.15) is 0 Å². The summed E-state index contributed by atoms with van der Waals surface area (Å²) in [5, 5.41) is 12.5. The highest BCUT2D eigenvalue weighted by Crippen LogP contribution is 2.14. The Hall–Kier alpha value is -1.84. The van der Waals surface area contributed by atoms with E-state index in [0.717, 1.165) is 11.3 Å². The standard InChI is InChI=1S/C11H11NO3/c13-11(14)10-7-9(12-15-10)6-8-4-2-1-3-5-8/h1-5,10H,6-7H2,(H,13,14). The maximum atomic E-state index is 10.6. The molecule has 0 saturated heterocycles. The minimum Gasteiger partial charge on any atom is -0.478 e. The number of oxime groups is 1. The van der Waals surface area contributed by atoms with Crippen LogP contribution in [0.3, 0.4) is 0 Å². The highest BCUT2D eigenvalue weighted by Gasteiger charge is 2.27. The van der Waals surface area contributed by atoms with Crippen molar-refractivity contribution in [2.24, 2.45) is 5.16 Å². The van der Waals surface area contributed by atoms with E-state index in [4.69, 9.17) is 9.94 Å². The third-order valence-corrected chi connectivity index (χ3v) is 2.26. The lowest BCUT2D eigenvalue weighted by molar-refractivity contribution is -0.148. The van der Waals surface area contributed by atoms with E-state index in [0.29, 0.717) is 12.8 Å². The van der Waals surface area contributed by atoms with Gasteiger partial charge in [0.2, 0.25) is 6.10 Å². The topological polar surface area (TPSA) is 58.9 Å². The fourth-order valence-corrected chi connectivity index (χ4v) is 1.50. The molecule has 0 aliphatic carbocycles. The van der Waals surface area contributed by atoms with E-state index >= 15 is 0 Å². The summed E-state index contributed by atoms with van der Waals surface area (Å²) in [5.41, 5.74) is 1.90. The molecule has 1 unspecified atom stereocenters. The van der Waals surface area contributed by atoms with Gasteiger partial charge in [-0.05, 0) is 5.56 Å². The number of hydrogen-bond acceptors (Lipinski definition) is 3. The highest BCUT2D eigenvalue weighted by molar-refractivity contribution is 5.91. The lowest BCUT2D eigenvalue weighted by Crippen LogP contribution is -2.20. The van der Waals surface area contributed by atoms with Crippen molar-refractivity contribution in [1.82, 2.24) is 0 Å². The summed E-state index contributed by atoms with van der Waals surface area (Å²) in [6.07, 6.45) is 0.234. The van der Waals surface area contributed by atoms with Crippen molar-refractivity contribution in [3.63, 3.8) is 0 Å². The van der Waals surface area contributed by atoms with Crippen LogP contribution in [0.15, 0.2) is 35.5 Å². The molecule has 0 spiro atoms. The van der Waals surface area contributed by atoms with Gasteiger partial charge in [-0.15, -0.1) is 0 Å². The fraction of sp³-hybridized carbons (Fsp3) is 0.273. The Labute approximate surface area is 87.2 Å². The fourth-order valence-electron chi connectivity index (χ4n) is 1.50. The summed E-state index contributed by atoms with van der Waals surface area (Å²) in [7, 11) is 0. The van der Waals surface area contributed by atoms with Crippen LogP contribution in [-0.2, 0) is 16.1 Å². The van der Waals surface area contributed by atoms with E-state index in [1.54, 1.807) is 0 Å². The zero-order chi connectivity index (χ0) is 10.7. The zero-order valence-electron chi connectivity index (χ0n) is 8.09. The quantitative estimate of drug-likeness (QED) is 0.812. The first-order valence-corrected chi connectivity index (χ1v) is 4.74. The second kappa shape index (κ2) is 4.13. The predicted molar refractivity (Wildman–Crippen MR) is 54.7 cm³/mol. The first-order valence-electron chi connectivity index (χ1n) is 4.74. The third kappa shape index (κ3) is 2.34. The van der Waals surface area contributed by atoms with Crippen LogP contribution >= 0.6 is 0 Å². The van der Waals surface area contributed by atoms with Crippen molar-refractivity contribution in [2.45, 2.75) is 18.9 Å². The van der Waals surface area contributed by atoms with Crippen LogP contribution in [-0.4, -0.2) is 22.9 Å².